The van der Waals surface area contributed by atoms with Gasteiger partial charge in [-0.2, -0.15) is 5.10 Å². The van der Waals surface area contributed by atoms with Gasteiger partial charge in [-0.05, 0) is 19.4 Å². The first-order valence-corrected chi connectivity index (χ1v) is 6.81. The van der Waals surface area contributed by atoms with Gasteiger partial charge in [0.15, 0.2) is 0 Å². The molecule has 1 aromatic rings. The van der Waals surface area contributed by atoms with Crippen molar-refractivity contribution >= 4 is 0 Å². The van der Waals surface area contributed by atoms with Crippen molar-refractivity contribution < 1.29 is 4.74 Å². The van der Waals surface area contributed by atoms with Crippen LogP contribution in [0.1, 0.15) is 26.0 Å². The number of ether oxygens (including phenoxy) is 1. The van der Waals surface area contributed by atoms with Crippen molar-refractivity contribution in [3.05, 3.63) is 18.0 Å². The molecule has 2 unspecified atom stereocenters. The van der Waals surface area contributed by atoms with E-state index in [4.69, 9.17) is 10.5 Å². The third-order valence-electron chi connectivity index (χ3n) is 3.39. The molecule has 5 heteroatoms. The molecule has 0 bridgehead atoms. The van der Waals surface area contributed by atoms with Gasteiger partial charge in [0.05, 0.1) is 18.4 Å². The SMILES string of the molecule is CCCn1nccc1CN1CCOC(C(C)N)C1. The van der Waals surface area contributed by atoms with Gasteiger partial charge in [0.1, 0.15) is 0 Å². The Kier molecular flexibility index (Phi) is 4.74. The zero-order chi connectivity index (χ0) is 13.0. The summed E-state index contributed by atoms with van der Waals surface area (Å²) in [5.74, 6) is 0. The monoisotopic (exact) mass is 252 g/mol. The maximum absolute atomic E-state index is 5.91. The molecule has 18 heavy (non-hydrogen) atoms. The molecule has 1 fully saturated rings. The predicted octanol–water partition coefficient (Wildman–Crippen LogP) is 0.841. The summed E-state index contributed by atoms with van der Waals surface area (Å²) < 4.78 is 7.77. The van der Waals surface area contributed by atoms with Crippen molar-refractivity contribution in [1.82, 2.24) is 14.7 Å². The van der Waals surface area contributed by atoms with Crippen molar-refractivity contribution in [1.29, 1.82) is 0 Å². The molecule has 1 aliphatic rings. The molecule has 1 saturated heterocycles. The maximum Gasteiger partial charge on any atom is 0.0850 e. The number of nitrogens with zero attached hydrogens (tertiary/aromatic N) is 3. The fourth-order valence-corrected chi connectivity index (χ4v) is 2.33. The van der Waals surface area contributed by atoms with Crippen molar-refractivity contribution in [2.45, 2.75) is 45.5 Å². The van der Waals surface area contributed by atoms with Gasteiger partial charge in [0.2, 0.25) is 0 Å². The Hall–Kier alpha value is -0.910. The van der Waals surface area contributed by atoms with Gasteiger partial charge < -0.3 is 10.5 Å². The first kappa shape index (κ1) is 13.5. The molecule has 102 valence electrons. The van der Waals surface area contributed by atoms with Crippen LogP contribution in [0.15, 0.2) is 12.3 Å². The van der Waals surface area contributed by atoms with Crippen LogP contribution in [0, 0.1) is 0 Å². The van der Waals surface area contributed by atoms with E-state index < -0.39 is 0 Å². The Bertz CT molecular complexity index is 364. The molecule has 0 saturated carbocycles. The standard InChI is InChI=1S/C13H24N4O/c1-3-6-17-12(4-5-15-17)9-16-7-8-18-13(10-16)11(2)14/h4-5,11,13H,3,6-10,14H2,1-2H3. The van der Waals surface area contributed by atoms with Crippen LogP contribution >= 0.6 is 0 Å². The van der Waals surface area contributed by atoms with E-state index in [1.54, 1.807) is 0 Å². The molecular weight excluding hydrogens is 228 g/mol. The third kappa shape index (κ3) is 3.31. The van der Waals surface area contributed by atoms with Crippen LogP contribution in [-0.2, 0) is 17.8 Å². The predicted molar refractivity (Wildman–Crippen MR) is 71.2 cm³/mol. The highest BCUT2D eigenvalue weighted by Crippen LogP contribution is 2.12. The minimum absolute atomic E-state index is 0.0911. The summed E-state index contributed by atoms with van der Waals surface area (Å²) in [5, 5.41) is 4.36. The van der Waals surface area contributed by atoms with Crippen LogP contribution in [0.2, 0.25) is 0 Å². The number of rotatable bonds is 5. The van der Waals surface area contributed by atoms with Gasteiger partial charge in [0, 0.05) is 38.4 Å². The highest BCUT2D eigenvalue weighted by molar-refractivity contribution is 5.01. The summed E-state index contributed by atoms with van der Waals surface area (Å²) in [7, 11) is 0. The van der Waals surface area contributed by atoms with Crippen LogP contribution in [0.4, 0.5) is 0 Å². The summed E-state index contributed by atoms with van der Waals surface area (Å²) in [5.41, 5.74) is 7.19. The molecule has 0 radical (unpaired) electrons. The Labute approximate surface area is 109 Å². The quantitative estimate of drug-likeness (QED) is 0.844. The molecule has 2 rings (SSSR count). The second-order valence-corrected chi connectivity index (χ2v) is 5.05. The van der Waals surface area contributed by atoms with E-state index in [2.05, 4.69) is 27.7 Å². The van der Waals surface area contributed by atoms with E-state index in [0.717, 1.165) is 39.2 Å². The highest BCUT2D eigenvalue weighted by atomic mass is 16.5. The zero-order valence-corrected chi connectivity index (χ0v) is 11.4. The minimum Gasteiger partial charge on any atom is -0.374 e. The van der Waals surface area contributed by atoms with Gasteiger partial charge in [-0.1, -0.05) is 6.92 Å². The lowest BCUT2D eigenvalue weighted by Gasteiger charge is -2.34. The Morgan fingerprint density at radius 1 is 1.61 bits per heavy atom. The maximum atomic E-state index is 5.91. The fourth-order valence-electron chi connectivity index (χ4n) is 2.33. The summed E-state index contributed by atoms with van der Waals surface area (Å²) in [6.07, 6.45) is 3.15. The van der Waals surface area contributed by atoms with E-state index in [0.29, 0.717) is 0 Å². The van der Waals surface area contributed by atoms with E-state index in [1.807, 2.05) is 13.1 Å². The lowest BCUT2D eigenvalue weighted by Crippen LogP contribution is -2.49. The molecular formula is C13H24N4O. The van der Waals surface area contributed by atoms with Crippen LogP contribution in [-0.4, -0.2) is 46.5 Å². The fraction of sp³-hybridized carbons (Fsp3) is 0.769. The Morgan fingerprint density at radius 2 is 2.44 bits per heavy atom. The number of hydrogen-bond acceptors (Lipinski definition) is 4. The topological polar surface area (TPSA) is 56.3 Å². The van der Waals surface area contributed by atoms with E-state index >= 15 is 0 Å². The number of nitrogens with two attached hydrogens (primary N) is 1. The summed E-state index contributed by atoms with van der Waals surface area (Å²) >= 11 is 0. The van der Waals surface area contributed by atoms with Crippen molar-refractivity contribution in [2.24, 2.45) is 5.73 Å². The summed E-state index contributed by atoms with van der Waals surface area (Å²) in [6, 6.07) is 2.19. The van der Waals surface area contributed by atoms with Crippen LogP contribution in [0.3, 0.4) is 0 Å². The Balaban J connectivity index is 1.94. The summed E-state index contributed by atoms with van der Waals surface area (Å²) in [4.78, 5) is 2.40. The van der Waals surface area contributed by atoms with E-state index in [1.165, 1.54) is 5.69 Å². The molecule has 1 aromatic heterocycles. The summed E-state index contributed by atoms with van der Waals surface area (Å²) in [6.45, 7) is 8.77. The first-order chi connectivity index (χ1) is 8.70. The highest BCUT2D eigenvalue weighted by Gasteiger charge is 2.23. The lowest BCUT2D eigenvalue weighted by molar-refractivity contribution is -0.0410. The zero-order valence-electron chi connectivity index (χ0n) is 11.4. The smallest absolute Gasteiger partial charge is 0.0850 e. The van der Waals surface area contributed by atoms with Gasteiger partial charge in [-0.3, -0.25) is 9.58 Å². The number of aryl methyl sites for hydroxylation is 1. The normalized spacial score (nSPS) is 23.2. The second-order valence-electron chi connectivity index (χ2n) is 5.05. The average Bonchev–Trinajstić information content (AvgIpc) is 2.77. The molecule has 2 heterocycles. The molecule has 5 nitrogen and oxygen atoms in total. The van der Waals surface area contributed by atoms with E-state index in [-0.39, 0.29) is 12.1 Å². The first-order valence-electron chi connectivity index (χ1n) is 6.81. The van der Waals surface area contributed by atoms with Crippen molar-refractivity contribution in [3.8, 4) is 0 Å². The number of hydrogen-bond donors (Lipinski definition) is 1. The van der Waals surface area contributed by atoms with Crippen LogP contribution in [0.5, 0.6) is 0 Å². The van der Waals surface area contributed by atoms with E-state index in [9.17, 15) is 0 Å². The molecule has 0 aliphatic carbocycles. The average molecular weight is 252 g/mol. The van der Waals surface area contributed by atoms with Crippen LogP contribution in [0.25, 0.3) is 0 Å². The third-order valence-corrected chi connectivity index (χ3v) is 3.39. The van der Waals surface area contributed by atoms with Crippen molar-refractivity contribution in [3.63, 3.8) is 0 Å². The minimum atomic E-state index is 0.0911. The molecule has 2 atom stereocenters. The molecule has 0 amide bonds. The van der Waals surface area contributed by atoms with Gasteiger partial charge in [-0.15, -0.1) is 0 Å². The Morgan fingerprint density at radius 3 is 3.17 bits per heavy atom. The largest absolute Gasteiger partial charge is 0.374 e. The van der Waals surface area contributed by atoms with Crippen LogP contribution < -0.4 is 5.73 Å². The molecule has 0 spiro atoms. The molecule has 2 N–H and O–H groups in total. The number of morpholine rings is 1. The van der Waals surface area contributed by atoms with Gasteiger partial charge in [-0.25, -0.2) is 0 Å². The second kappa shape index (κ2) is 6.31. The number of aromatic nitrogens is 2. The van der Waals surface area contributed by atoms with Gasteiger partial charge >= 0.3 is 0 Å². The van der Waals surface area contributed by atoms with Crippen molar-refractivity contribution in [2.75, 3.05) is 19.7 Å². The lowest BCUT2D eigenvalue weighted by atomic mass is 10.1. The van der Waals surface area contributed by atoms with Gasteiger partial charge in [0.25, 0.3) is 0 Å². The molecule has 1 aliphatic heterocycles. The molecule has 0 aromatic carbocycles.